The molecule has 0 amide bonds. The van der Waals surface area contributed by atoms with Crippen LogP contribution >= 0.6 is 23.4 Å². The van der Waals surface area contributed by atoms with E-state index in [1.54, 1.807) is 10.7 Å². The van der Waals surface area contributed by atoms with Crippen molar-refractivity contribution in [1.29, 1.82) is 0 Å². The summed E-state index contributed by atoms with van der Waals surface area (Å²) in [7, 11) is 0. The number of ketones is 1. The molecule has 2 aromatic carbocycles. The number of rotatable bonds is 4. The highest BCUT2D eigenvalue weighted by atomic mass is 35.5. The number of hydrogen-bond acceptors (Lipinski definition) is 5. The monoisotopic (exact) mass is 434 g/mol. The molecule has 0 fully saturated rings. The van der Waals surface area contributed by atoms with Crippen LogP contribution in [0.2, 0.25) is 5.02 Å². The Morgan fingerprint density at radius 2 is 2.00 bits per heavy atom. The van der Waals surface area contributed by atoms with Gasteiger partial charge in [0.25, 0.3) is 5.78 Å². The van der Waals surface area contributed by atoms with E-state index in [0.29, 0.717) is 28.7 Å². The molecule has 2 heterocycles. The Kier molecular flexibility index (Phi) is 5.05. The Labute approximate surface area is 183 Å². The molecule has 4 aromatic rings. The van der Waals surface area contributed by atoms with Crippen molar-refractivity contribution < 1.29 is 4.79 Å². The molecule has 1 atom stereocenters. The first kappa shape index (κ1) is 19.3. The summed E-state index contributed by atoms with van der Waals surface area (Å²) in [5.74, 6) is 1.45. The smallest absolute Gasteiger partial charge is 0.253 e. The second-order valence-corrected chi connectivity index (χ2v) is 8.91. The van der Waals surface area contributed by atoms with E-state index in [0.717, 1.165) is 22.7 Å². The van der Waals surface area contributed by atoms with Crippen molar-refractivity contribution in [2.24, 2.45) is 0 Å². The standard InChI is InChI=1S/C23H19ClN4OS/c1-14-5-4-7-15(9-14)17-10-20-18(21(29)11-17)12-28-22(25-20)26-23(27-28)30-13-16-6-2-3-8-19(16)24/h2-9,12,17H,10-11,13H2,1H3/t17-/m0/s1. The Balaban J connectivity index is 1.42. The Hall–Kier alpha value is -2.70. The number of benzene rings is 2. The second-order valence-electron chi connectivity index (χ2n) is 7.56. The second kappa shape index (κ2) is 7.85. The molecule has 5 rings (SSSR count). The van der Waals surface area contributed by atoms with E-state index >= 15 is 0 Å². The normalized spacial score (nSPS) is 16.1. The summed E-state index contributed by atoms with van der Waals surface area (Å²) in [6, 6.07) is 16.1. The third kappa shape index (κ3) is 3.73. The number of Topliss-reactive ketones (excluding diaryl/α,β-unsaturated/α-hetero) is 1. The van der Waals surface area contributed by atoms with E-state index in [1.165, 1.54) is 22.9 Å². The summed E-state index contributed by atoms with van der Waals surface area (Å²) in [5.41, 5.74) is 4.88. The number of hydrogen-bond donors (Lipinski definition) is 0. The van der Waals surface area contributed by atoms with Crippen LogP contribution in [0.15, 0.2) is 59.9 Å². The van der Waals surface area contributed by atoms with Gasteiger partial charge in [-0.2, -0.15) is 4.98 Å². The molecule has 30 heavy (non-hydrogen) atoms. The third-order valence-electron chi connectivity index (χ3n) is 5.39. The quantitative estimate of drug-likeness (QED) is 0.408. The van der Waals surface area contributed by atoms with E-state index in [1.807, 2.05) is 30.3 Å². The van der Waals surface area contributed by atoms with Gasteiger partial charge in [0.05, 0.1) is 11.3 Å². The minimum absolute atomic E-state index is 0.109. The maximum Gasteiger partial charge on any atom is 0.253 e. The van der Waals surface area contributed by atoms with Gasteiger partial charge in [0, 0.05) is 23.4 Å². The molecule has 0 unspecified atom stereocenters. The van der Waals surface area contributed by atoms with Crippen LogP contribution < -0.4 is 0 Å². The molecule has 1 aliphatic carbocycles. The maximum atomic E-state index is 12.8. The molecular weight excluding hydrogens is 416 g/mol. The number of aromatic nitrogens is 4. The molecule has 0 spiro atoms. The van der Waals surface area contributed by atoms with Crippen LogP contribution in [0.3, 0.4) is 0 Å². The Morgan fingerprint density at radius 1 is 1.13 bits per heavy atom. The van der Waals surface area contributed by atoms with Gasteiger partial charge in [0.1, 0.15) is 0 Å². The fourth-order valence-electron chi connectivity index (χ4n) is 3.84. The first-order chi connectivity index (χ1) is 14.6. The van der Waals surface area contributed by atoms with Crippen molar-refractivity contribution in [2.75, 3.05) is 0 Å². The molecule has 2 aromatic heterocycles. The first-order valence-electron chi connectivity index (χ1n) is 9.79. The lowest BCUT2D eigenvalue weighted by atomic mass is 9.82. The summed E-state index contributed by atoms with van der Waals surface area (Å²) in [4.78, 5) is 22.1. The van der Waals surface area contributed by atoms with Crippen molar-refractivity contribution >= 4 is 34.9 Å². The van der Waals surface area contributed by atoms with Crippen molar-refractivity contribution in [3.63, 3.8) is 0 Å². The van der Waals surface area contributed by atoms with Crippen molar-refractivity contribution in [2.45, 2.75) is 36.6 Å². The number of fused-ring (bicyclic) bond motifs is 2. The summed E-state index contributed by atoms with van der Waals surface area (Å²) < 4.78 is 1.61. The van der Waals surface area contributed by atoms with E-state index < -0.39 is 0 Å². The number of carbonyl (C=O) groups is 1. The molecule has 7 heteroatoms. The van der Waals surface area contributed by atoms with Gasteiger partial charge in [-0.05, 0) is 36.5 Å². The fraction of sp³-hybridized carbons (Fsp3) is 0.217. The minimum Gasteiger partial charge on any atom is -0.294 e. The predicted octanol–water partition coefficient (Wildman–Crippen LogP) is 5.29. The van der Waals surface area contributed by atoms with Gasteiger partial charge in [0.2, 0.25) is 5.16 Å². The van der Waals surface area contributed by atoms with Crippen LogP contribution in [0, 0.1) is 6.92 Å². The third-order valence-corrected chi connectivity index (χ3v) is 6.65. The largest absolute Gasteiger partial charge is 0.294 e. The first-order valence-corrected chi connectivity index (χ1v) is 11.2. The van der Waals surface area contributed by atoms with Crippen molar-refractivity contribution in [3.05, 3.63) is 87.7 Å². The number of carbonyl (C=O) groups excluding carboxylic acids is 1. The molecule has 5 nitrogen and oxygen atoms in total. The van der Waals surface area contributed by atoms with Gasteiger partial charge in [-0.15, -0.1) is 5.10 Å². The van der Waals surface area contributed by atoms with E-state index in [-0.39, 0.29) is 11.7 Å². The fourth-order valence-corrected chi connectivity index (χ4v) is 4.95. The molecule has 0 radical (unpaired) electrons. The van der Waals surface area contributed by atoms with E-state index in [4.69, 9.17) is 11.6 Å². The highest BCUT2D eigenvalue weighted by Gasteiger charge is 2.28. The number of nitrogens with zero attached hydrogens (tertiary/aromatic N) is 4. The SMILES string of the molecule is Cc1cccc([C@@H]2CC(=O)c3cn4nc(SCc5ccccc5Cl)nc4nc3C2)c1. The lowest BCUT2D eigenvalue weighted by molar-refractivity contribution is 0.0962. The van der Waals surface area contributed by atoms with Crippen LogP contribution in [-0.2, 0) is 12.2 Å². The number of halogens is 1. The number of thioether (sulfide) groups is 1. The predicted molar refractivity (Wildman–Crippen MR) is 118 cm³/mol. The zero-order valence-electron chi connectivity index (χ0n) is 16.4. The van der Waals surface area contributed by atoms with Crippen LogP contribution in [0.4, 0.5) is 0 Å². The van der Waals surface area contributed by atoms with Gasteiger partial charge in [-0.3, -0.25) is 4.79 Å². The van der Waals surface area contributed by atoms with Gasteiger partial charge >= 0.3 is 0 Å². The van der Waals surface area contributed by atoms with Crippen molar-refractivity contribution in [1.82, 2.24) is 19.6 Å². The molecule has 0 bridgehead atoms. The average Bonchev–Trinajstić information content (AvgIpc) is 3.13. The van der Waals surface area contributed by atoms with Crippen LogP contribution in [0.5, 0.6) is 0 Å². The molecule has 0 saturated carbocycles. The zero-order chi connectivity index (χ0) is 20.7. The molecular formula is C23H19ClN4OS. The van der Waals surface area contributed by atoms with Gasteiger partial charge in [-0.1, -0.05) is 71.4 Å². The van der Waals surface area contributed by atoms with Crippen LogP contribution in [0.1, 0.15) is 45.1 Å². The lowest BCUT2D eigenvalue weighted by Crippen LogP contribution is -2.21. The summed E-state index contributed by atoms with van der Waals surface area (Å²) in [5, 5.41) is 5.85. The molecule has 0 aliphatic heterocycles. The zero-order valence-corrected chi connectivity index (χ0v) is 18.0. The molecule has 0 N–H and O–H groups in total. The highest BCUT2D eigenvalue weighted by Crippen LogP contribution is 2.32. The maximum absolute atomic E-state index is 12.8. The highest BCUT2D eigenvalue weighted by molar-refractivity contribution is 7.98. The van der Waals surface area contributed by atoms with Gasteiger partial charge in [0.15, 0.2) is 5.78 Å². The average molecular weight is 435 g/mol. The Morgan fingerprint density at radius 3 is 2.83 bits per heavy atom. The van der Waals surface area contributed by atoms with Crippen LogP contribution in [0.25, 0.3) is 5.78 Å². The molecule has 1 aliphatic rings. The van der Waals surface area contributed by atoms with Crippen molar-refractivity contribution in [3.8, 4) is 0 Å². The summed E-state index contributed by atoms with van der Waals surface area (Å²) in [6.45, 7) is 2.07. The van der Waals surface area contributed by atoms with E-state index in [2.05, 4.69) is 40.2 Å². The molecule has 0 saturated heterocycles. The summed E-state index contributed by atoms with van der Waals surface area (Å²) >= 11 is 7.74. The van der Waals surface area contributed by atoms with Gasteiger partial charge in [-0.25, -0.2) is 9.50 Å². The van der Waals surface area contributed by atoms with Gasteiger partial charge < -0.3 is 0 Å². The Bertz CT molecular complexity index is 1270. The number of aryl methyl sites for hydroxylation is 1. The minimum atomic E-state index is 0.109. The van der Waals surface area contributed by atoms with Crippen LogP contribution in [-0.4, -0.2) is 25.4 Å². The molecule has 150 valence electrons. The summed E-state index contributed by atoms with van der Waals surface area (Å²) in [6.07, 6.45) is 3.00. The lowest BCUT2D eigenvalue weighted by Gasteiger charge is -2.23. The topological polar surface area (TPSA) is 60.2 Å². The van der Waals surface area contributed by atoms with E-state index in [9.17, 15) is 4.79 Å².